The summed E-state index contributed by atoms with van der Waals surface area (Å²) in [5, 5.41) is 6.43. The lowest BCUT2D eigenvalue weighted by atomic mass is 10.1. The highest BCUT2D eigenvalue weighted by Gasteiger charge is 2.24. The van der Waals surface area contributed by atoms with Crippen molar-refractivity contribution in [1.29, 1.82) is 0 Å². The van der Waals surface area contributed by atoms with Crippen molar-refractivity contribution in [3.8, 4) is 0 Å². The lowest BCUT2D eigenvalue weighted by Crippen LogP contribution is -2.21. The van der Waals surface area contributed by atoms with E-state index in [1.165, 1.54) is 0 Å². The smallest absolute Gasteiger partial charge is 0.344 e. The van der Waals surface area contributed by atoms with Crippen molar-refractivity contribution in [1.82, 2.24) is 5.16 Å². The molecule has 0 saturated heterocycles. The van der Waals surface area contributed by atoms with Crippen LogP contribution in [0.1, 0.15) is 41.6 Å². The van der Waals surface area contributed by atoms with E-state index in [1.807, 2.05) is 13.8 Å². The predicted octanol–water partition coefficient (Wildman–Crippen LogP) is 3.66. The first-order valence-corrected chi connectivity index (χ1v) is 7.86. The molecule has 1 aromatic carbocycles. The first kappa shape index (κ1) is 17.2. The number of hydrogen-bond acceptors (Lipinski definition) is 5. The van der Waals surface area contributed by atoms with Crippen LogP contribution in [-0.4, -0.2) is 23.6 Å². The molecule has 0 atom stereocenters. The molecule has 0 fully saturated rings. The Morgan fingerprint density at radius 1 is 1.30 bits per heavy atom. The largest absolute Gasteiger partial charge is 0.452 e. The van der Waals surface area contributed by atoms with Crippen molar-refractivity contribution >= 4 is 33.5 Å². The second-order valence-corrected chi connectivity index (χ2v) is 6.21. The normalized spacial score (nSPS) is 10.7. The van der Waals surface area contributed by atoms with E-state index in [0.29, 0.717) is 17.1 Å². The van der Waals surface area contributed by atoms with Gasteiger partial charge >= 0.3 is 5.97 Å². The minimum atomic E-state index is -0.613. The number of rotatable bonds is 5. The van der Waals surface area contributed by atoms with E-state index in [-0.39, 0.29) is 18.1 Å². The van der Waals surface area contributed by atoms with Gasteiger partial charge in [0.1, 0.15) is 5.56 Å². The number of aryl methyl sites for hydroxylation is 1. The Morgan fingerprint density at radius 3 is 2.57 bits per heavy atom. The van der Waals surface area contributed by atoms with E-state index in [2.05, 4.69) is 26.4 Å². The SMILES string of the molecule is Cc1noc(C(C)C)c1C(=O)OCC(=O)Nc1ccc(Br)cc1. The standard InChI is InChI=1S/C16H17BrN2O4/c1-9(2)15-14(10(3)19-23-15)16(21)22-8-13(20)18-12-6-4-11(17)5-7-12/h4-7,9H,8H2,1-3H3,(H,18,20). The van der Waals surface area contributed by atoms with E-state index in [1.54, 1.807) is 31.2 Å². The Labute approximate surface area is 142 Å². The fraction of sp³-hybridized carbons (Fsp3) is 0.312. The summed E-state index contributed by atoms with van der Waals surface area (Å²) in [7, 11) is 0. The number of esters is 1. The molecule has 23 heavy (non-hydrogen) atoms. The molecule has 0 radical (unpaired) electrons. The van der Waals surface area contributed by atoms with Crippen LogP contribution in [0.15, 0.2) is 33.3 Å². The van der Waals surface area contributed by atoms with E-state index < -0.39 is 11.9 Å². The number of benzene rings is 1. The van der Waals surface area contributed by atoms with E-state index in [4.69, 9.17) is 9.26 Å². The number of amides is 1. The van der Waals surface area contributed by atoms with Crippen molar-refractivity contribution in [3.05, 3.63) is 45.8 Å². The number of hydrogen-bond donors (Lipinski definition) is 1. The van der Waals surface area contributed by atoms with Crippen molar-refractivity contribution in [2.45, 2.75) is 26.7 Å². The highest BCUT2D eigenvalue weighted by Crippen LogP contribution is 2.23. The maximum atomic E-state index is 12.1. The van der Waals surface area contributed by atoms with Gasteiger partial charge in [-0.05, 0) is 31.2 Å². The van der Waals surface area contributed by atoms with Crippen LogP contribution in [0.25, 0.3) is 0 Å². The molecule has 0 aliphatic rings. The summed E-state index contributed by atoms with van der Waals surface area (Å²) in [6, 6.07) is 7.09. The van der Waals surface area contributed by atoms with Crippen LogP contribution in [0.4, 0.5) is 5.69 Å². The van der Waals surface area contributed by atoms with Crippen molar-refractivity contribution < 1.29 is 18.8 Å². The molecule has 0 aliphatic carbocycles. The second-order valence-electron chi connectivity index (χ2n) is 5.29. The van der Waals surface area contributed by atoms with Gasteiger partial charge in [0.25, 0.3) is 5.91 Å². The average Bonchev–Trinajstić information content (AvgIpc) is 2.89. The summed E-state index contributed by atoms with van der Waals surface area (Å²) >= 11 is 3.31. The first-order valence-electron chi connectivity index (χ1n) is 7.07. The molecular formula is C16H17BrN2O4. The number of nitrogens with zero attached hydrogens (tertiary/aromatic N) is 1. The monoisotopic (exact) mass is 380 g/mol. The number of ether oxygens (including phenoxy) is 1. The highest BCUT2D eigenvalue weighted by molar-refractivity contribution is 9.10. The van der Waals surface area contributed by atoms with Crippen LogP contribution in [0, 0.1) is 6.92 Å². The zero-order chi connectivity index (χ0) is 17.0. The molecule has 0 spiro atoms. The fourth-order valence-electron chi connectivity index (χ4n) is 1.96. The zero-order valence-electron chi connectivity index (χ0n) is 13.1. The van der Waals surface area contributed by atoms with Gasteiger partial charge in [0, 0.05) is 16.1 Å². The topological polar surface area (TPSA) is 81.4 Å². The van der Waals surface area contributed by atoms with Gasteiger partial charge in [0.15, 0.2) is 12.4 Å². The summed E-state index contributed by atoms with van der Waals surface area (Å²) in [5.74, 6) is -0.574. The Morgan fingerprint density at radius 2 is 1.96 bits per heavy atom. The van der Waals surface area contributed by atoms with Crippen molar-refractivity contribution in [3.63, 3.8) is 0 Å². The van der Waals surface area contributed by atoms with Gasteiger partial charge in [0.2, 0.25) is 0 Å². The van der Waals surface area contributed by atoms with Crippen LogP contribution in [0.5, 0.6) is 0 Å². The van der Waals surface area contributed by atoms with Crippen LogP contribution < -0.4 is 5.32 Å². The van der Waals surface area contributed by atoms with E-state index in [0.717, 1.165) is 4.47 Å². The predicted molar refractivity (Wildman–Crippen MR) is 88.4 cm³/mol. The van der Waals surface area contributed by atoms with Crippen LogP contribution in [0.2, 0.25) is 0 Å². The maximum Gasteiger partial charge on any atom is 0.344 e. The number of halogens is 1. The molecule has 2 aromatic rings. The van der Waals surface area contributed by atoms with Crippen LogP contribution in [0.3, 0.4) is 0 Å². The number of aromatic nitrogens is 1. The fourth-order valence-corrected chi connectivity index (χ4v) is 2.23. The minimum Gasteiger partial charge on any atom is -0.452 e. The third-order valence-corrected chi connectivity index (χ3v) is 3.61. The van der Waals surface area contributed by atoms with Crippen molar-refractivity contribution in [2.24, 2.45) is 0 Å². The third-order valence-electron chi connectivity index (χ3n) is 3.08. The first-order chi connectivity index (χ1) is 10.9. The van der Waals surface area contributed by atoms with Crippen molar-refractivity contribution in [2.75, 3.05) is 11.9 Å². The van der Waals surface area contributed by atoms with Gasteiger partial charge < -0.3 is 14.6 Å². The second kappa shape index (κ2) is 7.41. The summed E-state index contributed by atoms with van der Waals surface area (Å²) in [5.41, 5.74) is 1.36. The molecular weight excluding hydrogens is 364 g/mol. The number of carbonyl (C=O) groups is 2. The molecule has 2 rings (SSSR count). The molecule has 1 aromatic heterocycles. The summed E-state index contributed by atoms with van der Waals surface area (Å²) in [4.78, 5) is 24.0. The molecule has 0 bridgehead atoms. The number of anilines is 1. The Bertz CT molecular complexity index is 707. The number of carbonyl (C=O) groups excluding carboxylic acids is 2. The lowest BCUT2D eigenvalue weighted by molar-refractivity contribution is -0.119. The Balaban J connectivity index is 1.95. The van der Waals surface area contributed by atoms with Gasteiger partial charge in [-0.15, -0.1) is 0 Å². The zero-order valence-corrected chi connectivity index (χ0v) is 14.6. The average molecular weight is 381 g/mol. The summed E-state index contributed by atoms with van der Waals surface area (Å²) in [6.45, 7) is 5.05. The van der Waals surface area contributed by atoms with Crippen LogP contribution >= 0.6 is 15.9 Å². The summed E-state index contributed by atoms with van der Waals surface area (Å²) in [6.07, 6.45) is 0. The van der Waals surface area contributed by atoms with Gasteiger partial charge in [0.05, 0.1) is 5.69 Å². The van der Waals surface area contributed by atoms with E-state index >= 15 is 0 Å². The molecule has 0 unspecified atom stereocenters. The van der Waals surface area contributed by atoms with Gasteiger partial charge in [-0.25, -0.2) is 4.79 Å². The molecule has 7 heteroatoms. The van der Waals surface area contributed by atoms with Gasteiger partial charge in [-0.2, -0.15) is 0 Å². The lowest BCUT2D eigenvalue weighted by Gasteiger charge is -2.07. The molecule has 1 N–H and O–H groups in total. The molecule has 0 saturated carbocycles. The molecule has 1 amide bonds. The summed E-state index contributed by atoms with van der Waals surface area (Å²) < 4.78 is 11.1. The molecule has 1 heterocycles. The quantitative estimate of drug-likeness (QED) is 0.800. The molecule has 0 aliphatic heterocycles. The molecule has 122 valence electrons. The highest BCUT2D eigenvalue weighted by atomic mass is 79.9. The Hall–Kier alpha value is -2.15. The Kier molecular flexibility index (Phi) is 5.54. The van der Waals surface area contributed by atoms with Gasteiger partial charge in [-0.3, -0.25) is 4.79 Å². The third kappa shape index (κ3) is 4.41. The van der Waals surface area contributed by atoms with E-state index in [9.17, 15) is 9.59 Å². The van der Waals surface area contributed by atoms with Crippen LogP contribution in [-0.2, 0) is 9.53 Å². The maximum absolute atomic E-state index is 12.1. The molecule has 6 nitrogen and oxygen atoms in total. The minimum absolute atomic E-state index is 0.00431. The van der Waals surface area contributed by atoms with Gasteiger partial charge in [-0.1, -0.05) is 34.9 Å². The number of nitrogens with one attached hydrogen (secondary N) is 1.